The van der Waals surface area contributed by atoms with Crippen molar-refractivity contribution < 1.29 is 18.4 Å². The number of urea groups is 1. The molecule has 21 heavy (non-hydrogen) atoms. The molecule has 1 aliphatic heterocycles. The maximum atomic E-state index is 13.4. The molecule has 1 fully saturated rings. The number of carbonyl (C=O) groups is 2. The van der Waals surface area contributed by atoms with E-state index in [0.29, 0.717) is 6.54 Å². The topological polar surface area (TPSA) is 52.6 Å². The van der Waals surface area contributed by atoms with Crippen molar-refractivity contribution in [3.63, 3.8) is 0 Å². The summed E-state index contributed by atoms with van der Waals surface area (Å²) in [6.07, 6.45) is 0. The van der Waals surface area contributed by atoms with Gasteiger partial charge >= 0.3 is 6.03 Å². The second kappa shape index (κ2) is 5.40. The number of imide groups is 1. The van der Waals surface area contributed by atoms with Crippen LogP contribution in [0.2, 0.25) is 0 Å². The zero-order chi connectivity index (χ0) is 15.8. The van der Waals surface area contributed by atoms with E-state index in [9.17, 15) is 18.4 Å². The first-order valence-electron chi connectivity index (χ1n) is 6.50. The van der Waals surface area contributed by atoms with Crippen LogP contribution in [0.5, 0.6) is 0 Å². The Bertz CT molecular complexity index is 592. The highest BCUT2D eigenvalue weighted by atomic mass is 19.2. The largest absolute Gasteiger partial charge is 0.325 e. The fourth-order valence-electron chi connectivity index (χ4n) is 2.20. The quantitative estimate of drug-likeness (QED) is 0.852. The van der Waals surface area contributed by atoms with Crippen molar-refractivity contribution >= 4 is 11.9 Å². The van der Waals surface area contributed by atoms with Crippen LogP contribution in [0.3, 0.4) is 0 Å². The van der Waals surface area contributed by atoms with Crippen LogP contribution in [-0.2, 0) is 10.3 Å². The molecule has 2 rings (SSSR count). The average Bonchev–Trinajstić information content (AvgIpc) is 2.62. The normalized spacial score (nSPS) is 22.1. The summed E-state index contributed by atoms with van der Waals surface area (Å²) in [6, 6.07) is 2.64. The summed E-state index contributed by atoms with van der Waals surface area (Å²) in [5, 5.41) is 2.55. The Morgan fingerprint density at radius 1 is 1.24 bits per heavy atom. The first-order chi connectivity index (χ1) is 9.75. The molecule has 1 N–H and O–H groups in total. The van der Waals surface area contributed by atoms with Gasteiger partial charge in [-0.15, -0.1) is 0 Å². The van der Waals surface area contributed by atoms with E-state index in [2.05, 4.69) is 5.32 Å². The lowest BCUT2D eigenvalue weighted by Crippen LogP contribution is -2.41. The number of hydrogen-bond acceptors (Lipinski definition) is 3. The van der Waals surface area contributed by atoms with Gasteiger partial charge in [0.25, 0.3) is 5.91 Å². The van der Waals surface area contributed by atoms with Crippen molar-refractivity contribution in [1.29, 1.82) is 0 Å². The van der Waals surface area contributed by atoms with Crippen molar-refractivity contribution in [2.75, 3.05) is 27.2 Å². The standard InChI is InChI=1S/C14H17F2N3O2/c1-14(9-4-5-10(15)11(16)8-9)12(20)19(13(21)17-14)7-6-18(2)3/h4-5,8H,6-7H2,1-3H3,(H,17,21). The van der Waals surface area contributed by atoms with Crippen LogP contribution < -0.4 is 5.32 Å². The third-order valence-corrected chi connectivity index (χ3v) is 3.54. The summed E-state index contributed by atoms with van der Waals surface area (Å²) in [7, 11) is 3.65. The summed E-state index contributed by atoms with van der Waals surface area (Å²) in [5.41, 5.74) is -1.16. The number of nitrogens with one attached hydrogen (secondary N) is 1. The molecule has 0 saturated carbocycles. The zero-order valence-electron chi connectivity index (χ0n) is 12.1. The Hall–Kier alpha value is -2.02. The molecule has 1 unspecified atom stereocenters. The van der Waals surface area contributed by atoms with Gasteiger partial charge in [0.2, 0.25) is 0 Å². The van der Waals surface area contributed by atoms with Gasteiger partial charge in [-0.1, -0.05) is 6.07 Å². The second-order valence-electron chi connectivity index (χ2n) is 5.44. The first kappa shape index (κ1) is 15.4. The first-order valence-corrected chi connectivity index (χ1v) is 6.50. The Balaban J connectivity index is 2.29. The van der Waals surface area contributed by atoms with Crippen LogP contribution in [-0.4, -0.2) is 48.9 Å². The predicted octanol–water partition coefficient (Wildman–Crippen LogP) is 1.29. The van der Waals surface area contributed by atoms with E-state index in [1.807, 2.05) is 19.0 Å². The molecule has 0 bridgehead atoms. The summed E-state index contributed by atoms with van der Waals surface area (Å²) in [5.74, 6) is -2.52. The van der Waals surface area contributed by atoms with Crippen LogP contribution in [0.1, 0.15) is 12.5 Å². The molecule has 1 aromatic carbocycles. The van der Waals surface area contributed by atoms with Crippen molar-refractivity contribution in [2.24, 2.45) is 0 Å². The summed E-state index contributed by atoms with van der Waals surface area (Å²) in [6.45, 7) is 2.24. The van der Waals surface area contributed by atoms with Crippen molar-refractivity contribution in [3.8, 4) is 0 Å². The smallest absolute Gasteiger partial charge is 0.319 e. The number of nitrogens with zero attached hydrogens (tertiary/aromatic N) is 2. The van der Waals surface area contributed by atoms with Gasteiger partial charge in [-0.2, -0.15) is 0 Å². The minimum atomic E-state index is -1.38. The summed E-state index contributed by atoms with van der Waals surface area (Å²) < 4.78 is 26.4. The van der Waals surface area contributed by atoms with E-state index in [-0.39, 0.29) is 12.1 Å². The number of hydrogen-bond donors (Lipinski definition) is 1. The van der Waals surface area contributed by atoms with E-state index < -0.39 is 29.1 Å². The van der Waals surface area contributed by atoms with Gasteiger partial charge in [-0.3, -0.25) is 9.69 Å². The van der Waals surface area contributed by atoms with Gasteiger partial charge in [0.15, 0.2) is 11.6 Å². The molecule has 1 aliphatic rings. The van der Waals surface area contributed by atoms with E-state index in [4.69, 9.17) is 0 Å². The minimum absolute atomic E-state index is 0.215. The Morgan fingerprint density at radius 2 is 1.90 bits per heavy atom. The molecule has 3 amide bonds. The molecule has 5 nitrogen and oxygen atoms in total. The molecule has 1 aromatic rings. The molecule has 0 aromatic heterocycles. The van der Waals surface area contributed by atoms with Crippen molar-refractivity contribution in [3.05, 3.63) is 35.4 Å². The Kier molecular flexibility index (Phi) is 3.95. The third-order valence-electron chi connectivity index (χ3n) is 3.54. The molecule has 0 radical (unpaired) electrons. The van der Waals surface area contributed by atoms with Crippen LogP contribution in [0, 0.1) is 11.6 Å². The molecular formula is C14H17F2N3O2. The number of likely N-dealkylation sites (N-methyl/N-ethyl adjacent to an activating group) is 1. The number of benzene rings is 1. The second-order valence-corrected chi connectivity index (χ2v) is 5.44. The number of halogens is 2. The SMILES string of the molecule is CN(C)CCN1C(=O)NC(C)(c2ccc(F)c(F)c2)C1=O. The van der Waals surface area contributed by atoms with E-state index >= 15 is 0 Å². The third kappa shape index (κ3) is 2.73. The summed E-state index contributed by atoms with van der Waals surface area (Å²) in [4.78, 5) is 27.3. The average molecular weight is 297 g/mol. The van der Waals surface area contributed by atoms with Crippen LogP contribution >= 0.6 is 0 Å². The van der Waals surface area contributed by atoms with Crippen LogP contribution in [0.25, 0.3) is 0 Å². The van der Waals surface area contributed by atoms with Crippen LogP contribution in [0.15, 0.2) is 18.2 Å². The van der Waals surface area contributed by atoms with Gasteiger partial charge < -0.3 is 10.2 Å². The fourth-order valence-corrected chi connectivity index (χ4v) is 2.20. The van der Waals surface area contributed by atoms with E-state index in [1.165, 1.54) is 13.0 Å². The highest BCUT2D eigenvalue weighted by molar-refractivity contribution is 6.07. The number of amides is 3. The van der Waals surface area contributed by atoms with E-state index in [1.54, 1.807) is 0 Å². The van der Waals surface area contributed by atoms with Crippen molar-refractivity contribution in [1.82, 2.24) is 15.1 Å². The zero-order valence-corrected chi connectivity index (χ0v) is 12.1. The van der Waals surface area contributed by atoms with Crippen LogP contribution in [0.4, 0.5) is 13.6 Å². The maximum Gasteiger partial charge on any atom is 0.325 e. The predicted molar refractivity (Wildman–Crippen MR) is 72.5 cm³/mol. The minimum Gasteiger partial charge on any atom is -0.319 e. The molecule has 1 atom stereocenters. The Labute approximate surface area is 121 Å². The lowest BCUT2D eigenvalue weighted by atomic mass is 9.92. The molecule has 1 heterocycles. The maximum absolute atomic E-state index is 13.4. The number of rotatable bonds is 4. The van der Waals surface area contributed by atoms with Gasteiger partial charge in [0.1, 0.15) is 5.54 Å². The summed E-state index contributed by atoms with van der Waals surface area (Å²) >= 11 is 0. The monoisotopic (exact) mass is 297 g/mol. The van der Waals surface area contributed by atoms with Gasteiger partial charge in [0.05, 0.1) is 0 Å². The molecule has 1 saturated heterocycles. The van der Waals surface area contributed by atoms with Gasteiger partial charge in [0, 0.05) is 13.1 Å². The fraction of sp³-hybridized carbons (Fsp3) is 0.429. The van der Waals surface area contributed by atoms with Crippen molar-refractivity contribution in [2.45, 2.75) is 12.5 Å². The molecule has 114 valence electrons. The van der Waals surface area contributed by atoms with E-state index in [0.717, 1.165) is 17.0 Å². The number of carbonyl (C=O) groups excluding carboxylic acids is 2. The Morgan fingerprint density at radius 3 is 2.48 bits per heavy atom. The van der Waals surface area contributed by atoms with Gasteiger partial charge in [-0.05, 0) is 38.7 Å². The lowest BCUT2D eigenvalue weighted by Gasteiger charge is -2.22. The highest BCUT2D eigenvalue weighted by Gasteiger charge is 2.48. The molecular weight excluding hydrogens is 280 g/mol. The van der Waals surface area contributed by atoms with Gasteiger partial charge in [-0.25, -0.2) is 13.6 Å². The molecule has 0 spiro atoms. The lowest BCUT2D eigenvalue weighted by molar-refractivity contribution is -0.131. The highest BCUT2D eigenvalue weighted by Crippen LogP contribution is 2.29. The molecule has 7 heteroatoms. The molecule has 0 aliphatic carbocycles.